The molecule has 1 atom stereocenters. The molecule has 1 amide bonds. The number of fused-ring (bicyclic) bond motifs is 1. The van der Waals surface area contributed by atoms with Crippen molar-refractivity contribution in [2.24, 2.45) is 4.99 Å². The molecule has 1 fully saturated rings. The standard InChI is InChI=1S/C23H27N3O5S/c1-5-17-20(22(28)31-4)21(16-9-8-15(29-2)11-18(16)30-3)26-14(12-32-23(26)25-17)10-19(27)24-13-6-7-13/h8-9,11-13,21H,5-7,10H2,1-4H3,(H,24,27)/t21-/m0/s1. The van der Waals surface area contributed by atoms with Gasteiger partial charge in [-0.05, 0) is 36.8 Å². The van der Waals surface area contributed by atoms with Gasteiger partial charge >= 0.3 is 5.97 Å². The van der Waals surface area contributed by atoms with E-state index in [2.05, 4.69) is 5.32 Å². The molecule has 32 heavy (non-hydrogen) atoms. The lowest BCUT2D eigenvalue weighted by Crippen LogP contribution is -2.38. The summed E-state index contributed by atoms with van der Waals surface area (Å²) in [4.78, 5) is 32.3. The van der Waals surface area contributed by atoms with Crippen LogP contribution in [0.5, 0.6) is 11.5 Å². The van der Waals surface area contributed by atoms with E-state index in [1.807, 2.05) is 29.4 Å². The van der Waals surface area contributed by atoms with Gasteiger partial charge in [0.25, 0.3) is 0 Å². The number of amides is 1. The summed E-state index contributed by atoms with van der Waals surface area (Å²) in [5.74, 6) is 0.730. The molecule has 1 aliphatic carbocycles. The minimum atomic E-state index is -0.541. The van der Waals surface area contributed by atoms with E-state index < -0.39 is 12.0 Å². The Labute approximate surface area is 191 Å². The van der Waals surface area contributed by atoms with E-state index in [-0.39, 0.29) is 18.4 Å². The van der Waals surface area contributed by atoms with Gasteiger partial charge in [-0.1, -0.05) is 18.7 Å². The third kappa shape index (κ3) is 4.21. The fourth-order valence-electron chi connectivity index (χ4n) is 3.92. The summed E-state index contributed by atoms with van der Waals surface area (Å²) >= 11 is 1.45. The van der Waals surface area contributed by atoms with Gasteiger partial charge in [-0.25, -0.2) is 9.79 Å². The number of carbonyl (C=O) groups is 2. The maximum atomic E-state index is 13.0. The highest BCUT2D eigenvalue weighted by atomic mass is 32.2. The summed E-state index contributed by atoms with van der Waals surface area (Å²) in [6.45, 7) is 1.96. The molecule has 0 unspecified atom stereocenters. The predicted octanol–water partition coefficient (Wildman–Crippen LogP) is 3.51. The van der Waals surface area contributed by atoms with Gasteiger partial charge in [0.05, 0.1) is 45.1 Å². The zero-order chi connectivity index (χ0) is 22.8. The Morgan fingerprint density at radius 1 is 1.22 bits per heavy atom. The fourth-order valence-corrected chi connectivity index (χ4v) is 4.86. The van der Waals surface area contributed by atoms with E-state index in [0.717, 1.165) is 29.3 Å². The average Bonchev–Trinajstić information content (AvgIpc) is 3.54. The van der Waals surface area contributed by atoms with Crippen LogP contribution in [0.3, 0.4) is 0 Å². The predicted molar refractivity (Wildman–Crippen MR) is 122 cm³/mol. The summed E-state index contributed by atoms with van der Waals surface area (Å²) < 4.78 is 16.2. The quantitative estimate of drug-likeness (QED) is 0.598. The number of esters is 1. The first-order chi connectivity index (χ1) is 15.5. The molecular weight excluding hydrogens is 430 g/mol. The van der Waals surface area contributed by atoms with E-state index in [0.29, 0.717) is 29.2 Å². The summed E-state index contributed by atoms with van der Waals surface area (Å²) in [5.41, 5.74) is 2.66. The molecule has 1 aromatic carbocycles. The number of rotatable bonds is 8. The number of benzene rings is 1. The number of nitrogens with one attached hydrogen (secondary N) is 1. The van der Waals surface area contributed by atoms with Crippen LogP contribution in [0.25, 0.3) is 0 Å². The number of ether oxygens (including phenoxy) is 3. The largest absolute Gasteiger partial charge is 0.497 e. The molecule has 1 aromatic rings. The lowest BCUT2D eigenvalue weighted by molar-refractivity contribution is -0.136. The molecule has 4 rings (SSSR count). The maximum absolute atomic E-state index is 13.0. The van der Waals surface area contributed by atoms with Gasteiger partial charge in [0.1, 0.15) is 11.5 Å². The molecule has 0 radical (unpaired) electrons. The van der Waals surface area contributed by atoms with Crippen LogP contribution in [0.4, 0.5) is 0 Å². The van der Waals surface area contributed by atoms with Crippen molar-refractivity contribution in [2.75, 3.05) is 21.3 Å². The third-order valence-corrected chi connectivity index (χ3v) is 6.54. The minimum Gasteiger partial charge on any atom is -0.497 e. The molecule has 2 aliphatic heterocycles. The van der Waals surface area contributed by atoms with Crippen molar-refractivity contribution in [3.63, 3.8) is 0 Å². The maximum Gasteiger partial charge on any atom is 0.338 e. The number of thioether (sulfide) groups is 1. The Bertz CT molecular complexity index is 1030. The molecule has 8 nitrogen and oxygen atoms in total. The van der Waals surface area contributed by atoms with Gasteiger partial charge in [0.15, 0.2) is 5.17 Å². The molecule has 9 heteroatoms. The molecule has 0 spiro atoms. The van der Waals surface area contributed by atoms with Gasteiger partial charge in [-0.3, -0.25) is 4.79 Å². The second kappa shape index (κ2) is 9.28. The summed E-state index contributed by atoms with van der Waals surface area (Å²) in [6, 6.07) is 5.23. The highest BCUT2D eigenvalue weighted by Crippen LogP contribution is 2.48. The van der Waals surface area contributed by atoms with Crippen LogP contribution in [0.2, 0.25) is 0 Å². The van der Waals surface area contributed by atoms with Crippen LogP contribution in [-0.2, 0) is 14.3 Å². The highest BCUT2D eigenvalue weighted by Gasteiger charge is 2.42. The van der Waals surface area contributed by atoms with Crippen LogP contribution in [-0.4, -0.2) is 49.3 Å². The Kier molecular flexibility index (Phi) is 6.45. The first-order valence-electron chi connectivity index (χ1n) is 10.6. The van der Waals surface area contributed by atoms with E-state index >= 15 is 0 Å². The lowest BCUT2D eigenvalue weighted by atomic mass is 9.92. The van der Waals surface area contributed by atoms with Crippen LogP contribution in [0, 0.1) is 0 Å². The summed E-state index contributed by atoms with van der Waals surface area (Å²) in [6.07, 6.45) is 2.82. The Morgan fingerprint density at radius 2 is 2.00 bits per heavy atom. The topological polar surface area (TPSA) is 89.5 Å². The Balaban J connectivity index is 1.80. The van der Waals surface area contributed by atoms with Crippen molar-refractivity contribution in [1.82, 2.24) is 10.2 Å². The van der Waals surface area contributed by atoms with Gasteiger partial charge in [0.2, 0.25) is 5.91 Å². The zero-order valence-corrected chi connectivity index (χ0v) is 19.5. The second-order valence-electron chi connectivity index (χ2n) is 7.73. The van der Waals surface area contributed by atoms with Gasteiger partial charge in [-0.15, -0.1) is 0 Å². The number of hydrogen-bond acceptors (Lipinski definition) is 8. The molecule has 170 valence electrons. The summed E-state index contributed by atoms with van der Waals surface area (Å²) in [7, 11) is 4.53. The van der Waals surface area contributed by atoms with E-state index in [9.17, 15) is 9.59 Å². The molecule has 0 aromatic heterocycles. The third-order valence-electron chi connectivity index (χ3n) is 5.65. The number of carbonyl (C=O) groups excluding carboxylic acids is 2. The van der Waals surface area contributed by atoms with E-state index in [1.54, 1.807) is 20.3 Å². The number of aliphatic imine (C=N–C) groups is 1. The molecule has 1 N–H and O–H groups in total. The monoisotopic (exact) mass is 457 g/mol. The normalized spacial score (nSPS) is 19.8. The van der Waals surface area contributed by atoms with Crippen LogP contribution < -0.4 is 14.8 Å². The molecule has 0 bridgehead atoms. The number of methoxy groups -OCH3 is 3. The first-order valence-corrected chi connectivity index (χ1v) is 11.4. The molecule has 3 aliphatic rings. The number of hydrogen-bond donors (Lipinski definition) is 1. The number of amidine groups is 1. The number of allylic oxidation sites excluding steroid dienone is 1. The minimum absolute atomic E-state index is 0.0362. The van der Waals surface area contributed by atoms with E-state index in [1.165, 1.54) is 18.9 Å². The SMILES string of the molecule is CCC1=C(C(=O)OC)[C@H](c2ccc(OC)cc2OC)N2C(CC(=O)NC3CC3)=CSC2=N1. The van der Waals surface area contributed by atoms with Gasteiger partial charge < -0.3 is 24.4 Å². The highest BCUT2D eigenvalue weighted by molar-refractivity contribution is 8.16. The van der Waals surface area contributed by atoms with Crippen molar-refractivity contribution >= 4 is 28.8 Å². The van der Waals surface area contributed by atoms with Crippen molar-refractivity contribution in [1.29, 1.82) is 0 Å². The Morgan fingerprint density at radius 3 is 2.62 bits per heavy atom. The van der Waals surface area contributed by atoms with Crippen LogP contribution >= 0.6 is 11.8 Å². The zero-order valence-electron chi connectivity index (χ0n) is 18.6. The molecular formula is C23H27N3O5S. The average molecular weight is 458 g/mol. The second-order valence-corrected chi connectivity index (χ2v) is 8.56. The van der Waals surface area contributed by atoms with Gasteiger partial charge in [0, 0.05) is 23.4 Å². The van der Waals surface area contributed by atoms with Crippen molar-refractivity contribution < 1.29 is 23.8 Å². The van der Waals surface area contributed by atoms with E-state index in [4.69, 9.17) is 19.2 Å². The van der Waals surface area contributed by atoms with Crippen LogP contribution in [0.15, 0.2) is 45.6 Å². The number of nitrogens with zero attached hydrogens (tertiary/aromatic N) is 2. The molecule has 1 saturated carbocycles. The molecule has 2 heterocycles. The lowest BCUT2D eigenvalue weighted by Gasteiger charge is -2.37. The summed E-state index contributed by atoms with van der Waals surface area (Å²) in [5, 5.41) is 5.69. The van der Waals surface area contributed by atoms with Gasteiger partial charge in [-0.2, -0.15) is 0 Å². The molecule has 0 saturated heterocycles. The van der Waals surface area contributed by atoms with Crippen molar-refractivity contribution in [2.45, 2.75) is 44.7 Å². The fraction of sp³-hybridized carbons (Fsp3) is 0.435. The smallest absolute Gasteiger partial charge is 0.338 e. The van der Waals surface area contributed by atoms with Crippen molar-refractivity contribution in [3.05, 3.63) is 46.1 Å². The van der Waals surface area contributed by atoms with Crippen molar-refractivity contribution in [3.8, 4) is 11.5 Å². The first kappa shape index (κ1) is 22.3. The Hall–Kier alpha value is -2.94. The van der Waals surface area contributed by atoms with Crippen LogP contribution in [0.1, 0.15) is 44.2 Å².